The van der Waals surface area contributed by atoms with Crippen molar-refractivity contribution in [2.24, 2.45) is 4.99 Å². The van der Waals surface area contributed by atoms with Gasteiger partial charge in [-0.15, -0.1) is 0 Å². The fraction of sp³-hybridized carbons (Fsp3) is 0.385. The first kappa shape index (κ1) is 13.1. The molecule has 1 heterocycles. The lowest BCUT2D eigenvalue weighted by molar-refractivity contribution is -0.136. The van der Waals surface area contributed by atoms with Gasteiger partial charge in [0.1, 0.15) is 6.61 Å². The number of halogens is 1. The van der Waals surface area contributed by atoms with Crippen LogP contribution in [0.5, 0.6) is 0 Å². The lowest BCUT2D eigenvalue weighted by Crippen LogP contribution is -2.10. The third-order valence-corrected chi connectivity index (χ3v) is 3.51. The molecule has 0 saturated heterocycles. The molecule has 1 aliphatic heterocycles. The van der Waals surface area contributed by atoms with E-state index in [4.69, 9.17) is 9.84 Å². The number of ether oxygens (including phenoxy) is 1. The quantitative estimate of drug-likeness (QED) is 0.909. The summed E-state index contributed by atoms with van der Waals surface area (Å²) in [7, 11) is 0. The van der Waals surface area contributed by atoms with Crippen LogP contribution in [0.1, 0.15) is 18.4 Å². The molecule has 2 rings (SSSR count). The third kappa shape index (κ3) is 3.57. The van der Waals surface area contributed by atoms with Crippen LogP contribution in [-0.4, -0.2) is 29.6 Å². The van der Waals surface area contributed by atoms with Gasteiger partial charge in [0.2, 0.25) is 0 Å². The highest BCUT2D eigenvalue weighted by atomic mass is 79.9. The van der Waals surface area contributed by atoms with Crippen LogP contribution >= 0.6 is 15.9 Å². The van der Waals surface area contributed by atoms with E-state index in [9.17, 15) is 4.79 Å². The van der Waals surface area contributed by atoms with E-state index in [2.05, 4.69) is 27.0 Å². The molecule has 1 aromatic rings. The number of hydrogen-bond donors (Lipinski definition) is 1. The summed E-state index contributed by atoms with van der Waals surface area (Å²) in [4.78, 5) is 14.9. The predicted octanol–water partition coefficient (Wildman–Crippen LogP) is 2.65. The van der Waals surface area contributed by atoms with E-state index in [0.29, 0.717) is 18.9 Å². The SMILES string of the molecule is O=C(O)CCC1=NC(Cc2ccccc2Br)CO1. The van der Waals surface area contributed by atoms with Gasteiger partial charge in [-0.05, 0) is 18.1 Å². The molecule has 0 aromatic heterocycles. The molecule has 1 aromatic carbocycles. The van der Waals surface area contributed by atoms with Gasteiger partial charge in [-0.2, -0.15) is 0 Å². The summed E-state index contributed by atoms with van der Waals surface area (Å²) in [6.45, 7) is 0.538. The first-order valence-electron chi connectivity index (χ1n) is 5.80. The molecule has 0 aliphatic carbocycles. The summed E-state index contributed by atoms with van der Waals surface area (Å²) in [6, 6.07) is 8.10. The highest BCUT2D eigenvalue weighted by molar-refractivity contribution is 9.10. The Morgan fingerprint density at radius 2 is 2.28 bits per heavy atom. The van der Waals surface area contributed by atoms with Crippen LogP contribution in [0.15, 0.2) is 33.7 Å². The molecule has 1 unspecified atom stereocenters. The van der Waals surface area contributed by atoms with Crippen LogP contribution in [0.25, 0.3) is 0 Å². The van der Waals surface area contributed by atoms with Gasteiger partial charge < -0.3 is 9.84 Å². The van der Waals surface area contributed by atoms with E-state index >= 15 is 0 Å². The van der Waals surface area contributed by atoms with Gasteiger partial charge in [-0.25, -0.2) is 4.99 Å². The first-order chi connectivity index (χ1) is 8.65. The van der Waals surface area contributed by atoms with Crippen molar-refractivity contribution in [3.05, 3.63) is 34.3 Å². The molecule has 1 atom stereocenters. The van der Waals surface area contributed by atoms with Crippen LogP contribution in [0.3, 0.4) is 0 Å². The van der Waals surface area contributed by atoms with Gasteiger partial charge in [-0.1, -0.05) is 34.1 Å². The summed E-state index contributed by atoms with van der Waals surface area (Å²) in [6.07, 6.45) is 1.25. The van der Waals surface area contributed by atoms with Crippen LogP contribution in [-0.2, 0) is 16.0 Å². The second-order valence-electron chi connectivity index (χ2n) is 4.18. The molecule has 0 fully saturated rings. The summed E-state index contributed by atoms with van der Waals surface area (Å²) < 4.78 is 6.47. The van der Waals surface area contributed by atoms with Crippen molar-refractivity contribution in [3.63, 3.8) is 0 Å². The largest absolute Gasteiger partial charge is 0.481 e. The molecule has 0 radical (unpaired) electrons. The van der Waals surface area contributed by atoms with Crippen molar-refractivity contribution >= 4 is 27.8 Å². The van der Waals surface area contributed by atoms with Crippen molar-refractivity contribution < 1.29 is 14.6 Å². The highest BCUT2D eigenvalue weighted by Gasteiger charge is 2.20. The molecule has 18 heavy (non-hydrogen) atoms. The molecule has 0 amide bonds. The van der Waals surface area contributed by atoms with E-state index < -0.39 is 5.97 Å². The second kappa shape index (κ2) is 6.00. The molecule has 0 spiro atoms. The van der Waals surface area contributed by atoms with Crippen LogP contribution in [0.2, 0.25) is 0 Å². The third-order valence-electron chi connectivity index (χ3n) is 2.74. The van der Waals surface area contributed by atoms with E-state index in [1.165, 1.54) is 5.56 Å². The number of carboxylic acid groups (broad SMARTS) is 1. The molecule has 1 aliphatic rings. The Bertz CT molecular complexity index is 473. The smallest absolute Gasteiger partial charge is 0.303 e. The number of hydrogen-bond acceptors (Lipinski definition) is 3. The fourth-order valence-electron chi connectivity index (χ4n) is 1.84. The van der Waals surface area contributed by atoms with Crippen molar-refractivity contribution in [2.75, 3.05) is 6.61 Å². The van der Waals surface area contributed by atoms with Gasteiger partial charge in [0.25, 0.3) is 0 Å². The maximum Gasteiger partial charge on any atom is 0.303 e. The van der Waals surface area contributed by atoms with Crippen LogP contribution in [0, 0.1) is 0 Å². The summed E-state index contributed by atoms with van der Waals surface area (Å²) in [5, 5.41) is 8.59. The minimum Gasteiger partial charge on any atom is -0.481 e. The number of aliphatic imine (C=N–C) groups is 1. The Morgan fingerprint density at radius 3 is 3.00 bits per heavy atom. The molecule has 0 saturated carbocycles. The number of carboxylic acids is 1. The van der Waals surface area contributed by atoms with E-state index in [-0.39, 0.29) is 12.5 Å². The van der Waals surface area contributed by atoms with Gasteiger partial charge in [0.15, 0.2) is 5.90 Å². The van der Waals surface area contributed by atoms with Gasteiger partial charge in [0.05, 0.1) is 12.5 Å². The summed E-state index contributed by atoms with van der Waals surface area (Å²) in [5.41, 5.74) is 1.19. The zero-order valence-electron chi connectivity index (χ0n) is 9.80. The zero-order chi connectivity index (χ0) is 13.0. The Kier molecular flexibility index (Phi) is 4.36. The van der Waals surface area contributed by atoms with Crippen molar-refractivity contribution in [3.8, 4) is 0 Å². The first-order valence-corrected chi connectivity index (χ1v) is 6.59. The number of benzene rings is 1. The maximum absolute atomic E-state index is 10.5. The maximum atomic E-state index is 10.5. The second-order valence-corrected chi connectivity index (χ2v) is 5.03. The van der Waals surface area contributed by atoms with Crippen molar-refractivity contribution in [2.45, 2.75) is 25.3 Å². The standard InChI is InChI=1S/C13H14BrNO3/c14-11-4-2-1-3-9(11)7-10-8-18-12(15-10)5-6-13(16)17/h1-4,10H,5-8H2,(H,16,17). The van der Waals surface area contributed by atoms with Gasteiger partial charge in [-0.3, -0.25) is 4.79 Å². The highest BCUT2D eigenvalue weighted by Crippen LogP contribution is 2.20. The Balaban J connectivity index is 1.92. The molecule has 1 N–H and O–H groups in total. The fourth-order valence-corrected chi connectivity index (χ4v) is 2.29. The lowest BCUT2D eigenvalue weighted by atomic mass is 10.1. The van der Waals surface area contributed by atoms with Gasteiger partial charge >= 0.3 is 5.97 Å². The van der Waals surface area contributed by atoms with Crippen LogP contribution < -0.4 is 0 Å². The number of carbonyl (C=O) groups is 1. The molecular formula is C13H14BrNO3. The monoisotopic (exact) mass is 311 g/mol. The molecule has 0 bridgehead atoms. The Hall–Kier alpha value is -1.36. The minimum atomic E-state index is -0.824. The number of rotatable bonds is 5. The molecule has 96 valence electrons. The van der Waals surface area contributed by atoms with Crippen molar-refractivity contribution in [1.82, 2.24) is 0 Å². The minimum absolute atomic E-state index is 0.0700. The van der Waals surface area contributed by atoms with Gasteiger partial charge in [0, 0.05) is 10.9 Å². The topological polar surface area (TPSA) is 58.9 Å². The van der Waals surface area contributed by atoms with Crippen molar-refractivity contribution in [1.29, 1.82) is 0 Å². The Morgan fingerprint density at radius 1 is 1.50 bits per heavy atom. The number of nitrogens with zero attached hydrogens (tertiary/aromatic N) is 1. The van der Waals surface area contributed by atoms with E-state index in [0.717, 1.165) is 10.9 Å². The average Bonchev–Trinajstić information content (AvgIpc) is 2.77. The lowest BCUT2D eigenvalue weighted by Gasteiger charge is -2.06. The molecule has 4 nitrogen and oxygen atoms in total. The molecular weight excluding hydrogens is 298 g/mol. The van der Waals surface area contributed by atoms with Crippen LogP contribution in [0.4, 0.5) is 0 Å². The van der Waals surface area contributed by atoms with E-state index in [1.54, 1.807) is 0 Å². The Labute approximate surface area is 114 Å². The normalized spacial score (nSPS) is 18.3. The zero-order valence-corrected chi connectivity index (χ0v) is 11.4. The molecule has 5 heteroatoms. The number of aliphatic carboxylic acids is 1. The average molecular weight is 312 g/mol. The summed E-state index contributed by atoms with van der Waals surface area (Å²) >= 11 is 3.50. The summed E-state index contributed by atoms with van der Waals surface area (Å²) in [5.74, 6) is -0.259. The van der Waals surface area contributed by atoms with E-state index in [1.807, 2.05) is 18.2 Å². The predicted molar refractivity (Wildman–Crippen MR) is 71.9 cm³/mol.